The van der Waals surface area contributed by atoms with Gasteiger partial charge in [-0.05, 0) is 89.9 Å². The van der Waals surface area contributed by atoms with E-state index >= 15 is 0 Å². The van der Waals surface area contributed by atoms with Gasteiger partial charge >= 0.3 is 19.8 Å². The van der Waals surface area contributed by atoms with Gasteiger partial charge < -0.3 is 18.9 Å². The Morgan fingerprint density at radius 2 is 0.574 bits per heavy atom. The van der Waals surface area contributed by atoms with Gasteiger partial charge in [0.2, 0.25) is 0 Å². The van der Waals surface area contributed by atoms with Gasteiger partial charge in [-0.3, -0.25) is 18.6 Å². The van der Waals surface area contributed by atoms with Gasteiger partial charge in [0.15, 0.2) is 6.10 Å². The van der Waals surface area contributed by atoms with Gasteiger partial charge in [0.05, 0.1) is 27.7 Å². The zero-order chi connectivity index (χ0) is 68.3. The van der Waals surface area contributed by atoms with Crippen LogP contribution in [0.4, 0.5) is 0 Å². The Balaban J connectivity index is 3.93. The van der Waals surface area contributed by atoms with Crippen molar-refractivity contribution in [2.75, 3.05) is 47.5 Å². The van der Waals surface area contributed by atoms with Crippen LogP contribution in [-0.4, -0.2) is 74.9 Å². The Kier molecular flexibility index (Phi) is 72.6. The fraction of sp³-hybridized carbons (Fsp3) is 0.833. The van der Waals surface area contributed by atoms with Crippen molar-refractivity contribution in [3.63, 3.8) is 0 Å². The van der Waals surface area contributed by atoms with Gasteiger partial charge in [-0.25, -0.2) is 4.57 Å². The number of phosphoric ester groups is 1. The maximum atomic E-state index is 12.9. The number of quaternary nitrogens is 1. The lowest BCUT2D eigenvalue weighted by Gasteiger charge is -2.24. The first-order valence-electron chi connectivity index (χ1n) is 40.7. The second kappa shape index (κ2) is 74.7. The Hall–Kier alpha value is -2.55. The Bertz CT molecular complexity index is 1820. The van der Waals surface area contributed by atoms with Crippen LogP contribution in [0.3, 0.4) is 0 Å². The molecule has 0 fully saturated rings. The summed E-state index contributed by atoms with van der Waals surface area (Å²) in [4.78, 5) is 36.0. The second-order valence-electron chi connectivity index (χ2n) is 28.8. The molecule has 9 nitrogen and oxygen atoms in total. The monoisotopic (exact) mass is 1340 g/mol. The van der Waals surface area contributed by atoms with Gasteiger partial charge in [-0.1, -0.05) is 369 Å². The SMILES string of the molecule is CCCCCCC/C=C\C/C=C\C/C=C\CCCCCCCCCCCCCCCCCCCCCCCCC(=O)OC(COC(=O)CCCCCCCCCCCCCCCCCCCC/C=C\C/C=C\C/C=C\CCCCCCC)COP(=O)(O)OCC[N+](C)(C)C. The van der Waals surface area contributed by atoms with Gasteiger partial charge in [-0.2, -0.15) is 0 Å². The number of esters is 2. The predicted octanol–water partition coefficient (Wildman–Crippen LogP) is 27.1. The molecular weight excluding hydrogens is 1180 g/mol. The number of phosphoric acid groups is 1. The molecule has 0 aromatic rings. The lowest BCUT2D eigenvalue weighted by Crippen LogP contribution is -2.37. The minimum Gasteiger partial charge on any atom is -0.462 e. The zero-order valence-corrected chi connectivity index (χ0v) is 63.9. The standard InChI is InChI=1S/C84H156NO8P/c1-6-8-10-12-14-16-18-20-22-24-26-28-30-32-34-36-38-40-41-42-43-45-47-49-51-53-55-57-59-61-63-65-67-69-71-73-75-77-84(87)93-82(81-92-94(88,89)91-79-78-85(3,4)5)80-90-83(86)76-74-72-70-68-66-64-62-60-58-56-54-52-50-48-46-44-39-37-35-33-31-29-27-25-23-21-19-17-15-13-11-9-7-2/h18-21,24-27,30-33,82H,6-17,22-23,28-29,34-81H2,1-5H3/p+1/b20-18-,21-19-,26-24-,27-25-,32-30-,33-31-. The highest BCUT2D eigenvalue weighted by Gasteiger charge is 2.27. The number of hydrogen-bond donors (Lipinski definition) is 1. The van der Waals surface area contributed by atoms with Crippen molar-refractivity contribution in [1.82, 2.24) is 0 Å². The van der Waals surface area contributed by atoms with Crippen LogP contribution < -0.4 is 0 Å². The number of carbonyl (C=O) groups excluding carboxylic acids is 2. The molecule has 0 bridgehead atoms. The molecule has 0 amide bonds. The first-order valence-corrected chi connectivity index (χ1v) is 42.2. The van der Waals surface area contributed by atoms with Crippen molar-refractivity contribution in [3.8, 4) is 0 Å². The van der Waals surface area contributed by atoms with Crippen molar-refractivity contribution in [3.05, 3.63) is 72.9 Å². The molecule has 0 saturated carbocycles. The zero-order valence-electron chi connectivity index (χ0n) is 63.0. The fourth-order valence-electron chi connectivity index (χ4n) is 12.0. The van der Waals surface area contributed by atoms with E-state index in [4.69, 9.17) is 18.5 Å². The van der Waals surface area contributed by atoms with Crippen molar-refractivity contribution in [1.29, 1.82) is 0 Å². The van der Waals surface area contributed by atoms with Crippen LogP contribution in [0.2, 0.25) is 0 Å². The molecule has 94 heavy (non-hydrogen) atoms. The van der Waals surface area contributed by atoms with Crippen LogP contribution in [0, 0.1) is 0 Å². The van der Waals surface area contributed by atoms with E-state index in [0.29, 0.717) is 23.9 Å². The summed E-state index contributed by atoms with van der Waals surface area (Å²) >= 11 is 0. The molecule has 0 aliphatic heterocycles. The Labute approximate surface area is 584 Å². The third-order valence-corrected chi connectivity index (χ3v) is 19.2. The number of carbonyl (C=O) groups is 2. The smallest absolute Gasteiger partial charge is 0.462 e. The van der Waals surface area contributed by atoms with Gasteiger partial charge in [0.1, 0.15) is 19.8 Å². The third kappa shape index (κ3) is 78.4. The summed E-state index contributed by atoms with van der Waals surface area (Å²) in [6.07, 6.45) is 102. The maximum Gasteiger partial charge on any atom is 0.472 e. The molecule has 0 heterocycles. The third-order valence-electron chi connectivity index (χ3n) is 18.2. The molecule has 1 N–H and O–H groups in total. The Morgan fingerprint density at radius 1 is 0.330 bits per heavy atom. The van der Waals surface area contributed by atoms with Gasteiger partial charge in [0, 0.05) is 12.8 Å². The first-order chi connectivity index (χ1) is 46.0. The first kappa shape index (κ1) is 91.4. The fourth-order valence-corrected chi connectivity index (χ4v) is 12.7. The van der Waals surface area contributed by atoms with E-state index in [9.17, 15) is 19.0 Å². The minimum atomic E-state index is -4.40. The normalized spacial score (nSPS) is 13.4. The van der Waals surface area contributed by atoms with Crippen LogP contribution in [0.5, 0.6) is 0 Å². The summed E-state index contributed by atoms with van der Waals surface area (Å²) in [7, 11) is 1.49. The quantitative estimate of drug-likeness (QED) is 0.0211. The van der Waals surface area contributed by atoms with Crippen LogP contribution >= 0.6 is 7.82 Å². The number of allylic oxidation sites excluding steroid dienone is 12. The summed E-state index contributed by atoms with van der Waals surface area (Å²) in [5.74, 6) is -0.777. The molecule has 0 aliphatic carbocycles. The largest absolute Gasteiger partial charge is 0.472 e. The summed E-state index contributed by atoms with van der Waals surface area (Å²) in [6, 6.07) is 0. The van der Waals surface area contributed by atoms with E-state index in [1.807, 2.05) is 21.1 Å². The topological polar surface area (TPSA) is 108 Å². The number of likely N-dealkylation sites (N-methyl/N-ethyl adjacent to an activating group) is 1. The molecule has 0 rings (SSSR count). The number of hydrogen-bond acceptors (Lipinski definition) is 7. The van der Waals surface area contributed by atoms with E-state index in [1.165, 1.54) is 308 Å². The average Bonchev–Trinajstić information content (AvgIpc) is 1.56. The van der Waals surface area contributed by atoms with Crippen molar-refractivity contribution in [2.24, 2.45) is 0 Å². The molecule has 2 atom stereocenters. The Morgan fingerprint density at radius 3 is 0.851 bits per heavy atom. The van der Waals surface area contributed by atoms with E-state index in [0.717, 1.165) is 57.8 Å². The van der Waals surface area contributed by atoms with Crippen molar-refractivity contribution >= 4 is 19.8 Å². The number of unbranched alkanes of at least 4 members (excludes halogenated alkanes) is 50. The summed E-state index contributed by atoms with van der Waals surface area (Å²) < 4.78 is 34.8. The number of ether oxygens (including phenoxy) is 2. The maximum absolute atomic E-state index is 12.9. The average molecular weight is 1340 g/mol. The minimum absolute atomic E-state index is 0.0329. The van der Waals surface area contributed by atoms with Crippen molar-refractivity contribution < 1.29 is 42.1 Å². The molecular formula is C84H157NO8P+. The number of nitrogens with zero attached hydrogens (tertiary/aromatic N) is 1. The van der Waals surface area contributed by atoms with Crippen LogP contribution in [0.1, 0.15) is 399 Å². The second-order valence-corrected chi connectivity index (χ2v) is 30.3. The molecule has 0 aliphatic rings. The van der Waals surface area contributed by atoms with E-state index in [-0.39, 0.29) is 25.6 Å². The van der Waals surface area contributed by atoms with E-state index < -0.39 is 26.5 Å². The number of rotatable bonds is 76. The van der Waals surface area contributed by atoms with Crippen LogP contribution in [0.25, 0.3) is 0 Å². The predicted molar refractivity (Wildman–Crippen MR) is 409 cm³/mol. The highest BCUT2D eigenvalue weighted by atomic mass is 31.2. The molecule has 10 heteroatoms. The van der Waals surface area contributed by atoms with E-state index in [1.54, 1.807) is 0 Å². The van der Waals surface area contributed by atoms with E-state index in [2.05, 4.69) is 86.8 Å². The summed E-state index contributed by atoms with van der Waals surface area (Å²) in [5, 5.41) is 0. The van der Waals surface area contributed by atoms with Gasteiger partial charge in [0.25, 0.3) is 0 Å². The molecule has 550 valence electrons. The summed E-state index contributed by atoms with van der Waals surface area (Å²) in [6.45, 7) is 4.47. The highest BCUT2D eigenvalue weighted by molar-refractivity contribution is 7.47. The molecule has 2 unspecified atom stereocenters. The van der Waals surface area contributed by atoms with Crippen LogP contribution in [0.15, 0.2) is 72.9 Å². The van der Waals surface area contributed by atoms with Crippen LogP contribution in [-0.2, 0) is 32.7 Å². The molecule has 0 spiro atoms. The summed E-state index contributed by atoms with van der Waals surface area (Å²) in [5.41, 5.74) is 0. The lowest BCUT2D eigenvalue weighted by atomic mass is 10.0. The van der Waals surface area contributed by atoms with Gasteiger partial charge in [-0.15, -0.1) is 0 Å². The molecule has 0 radical (unpaired) electrons. The molecule has 0 saturated heterocycles. The highest BCUT2D eigenvalue weighted by Crippen LogP contribution is 2.43. The van der Waals surface area contributed by atoms with Crippen molar-refractivity contribution in [2.45, 2.75) is 405 Å². The molecule has 0 aromatic heterocycles. The lowest BCUT2D eigenvalue weighted by molar-refractivity contribution is -0.870. The molecule has 0 aromatic carbocycles.